The van der Waals surface area contributed by atoms with Gasteiger partial charge in [-0.15, -0.1) is 11.6 Å². The van der Waals surface area contributed by atoms with Crippen molar-refractivity contribution in [1.82, 2.24) is 4.31 Å². The van der Waals surface area contributed by atoms with Crippen molar-refractivity contribution in [2.45, 2.75) is 43.5 Å². The number of alkyl halides is 1. The van der Waals surface area contributed by atoms with Crippen LogP contribution in [0.25, 0.3) is 0 Å². The molecule has 1 fully saturated rings. The van der Waals surface area contributed by atoms with E-state index in [1.807, 2.05) is 13.8 Å². The maximum Gasteiger partial charge on any atom is 0.243 e. The third kappa shape index (κ3) is 2.56. The normalized spacial score (nSPS) is 16.2. The zero-order valence-corrected chi connectivity index (χ0v) is 12.3. The first-order valence-corrected chi connectivity index (χ1v) is 8.15. The minimum atomic E-state index is -3.35. The molecule has 1 aliphatic carbocycles. The summed E-state index contributed by atoms with van der Waals surface area (Å²) in [6.45, 7) is 4.31. The van der Waals surface area contributed by atoms with E-state index >= 15 is 0 Å². The lowest BCUT2D eigenvalue weighted by Crippen LogP contribution is -2.32. The van der Waals surface area contributed by atoms with Gasteiger partial charge in [0.25, 0.3) is 0 Å². The molecule has 0 amide bonds. The number of nitrogens with zero attached hydrogens (tertiary/aromatic N) is 1. The monoisotopic (exact) mass is 287 g/mol. The van der Waals surface area contributed by atoms with E-state index in [0.717, 1.165) is 24.0 Å². The summed E-state index contributed by atoms with van der Waals surface area (Å²) < 4.78 is 26.6. The van der Waals surface area contributed by atoms with Crippen molar-refractivity contribution >= 4 is 21.6 Å². The van der Waals surface area contributed by atoms with Crippen LogP contribution in [0.3, 0.4) is 0 Å². The first-order valence-electron chi connectivity index (χ1n) is 6.18. The summed E-state index contributed by atoms with van der Waals surface area (Å²) in [4.78, 5) is 0.377. The maximum atomic E-state index is 12.5. The zero-order valence-electron chi connectivity index (χ0n) is 10.7. The van der Waals surface area contributed by atoms with Gasteiger partial charge in [-0.05, 0) is 43.0 Å². The molecule has 2 rings (SSSR count). The molecular formula is C13H18ClNO2S. The Bertz CT molecular complexity index is 538. The summed E-state index contributed by atoms with van der Waals surface area (Å²) in [6, 6.07) is 5.38. The Hall–Kier alpha value is -0.580. The third-order valence-electron chi connectivity index (χ3n) is 3.33. The van der Waals surface area contributed by atoms with Gasteiger partial charge in [0.2, 0.25) is 10.0 Å². The van der Waals surface area contributed by atoms with E-state index in [2.05, 4.69) is 0 Å². The standard InChI is InChI=1S/C13H18ClNO2S/c1-3-15(12-5-6-12)18(16,17)13-7-4-11(9-14)10(2)8-13/h4,7-8,12H,3,5-6,9H2,1-2H3. The predicted molar refractivity (Wildman–Crippen MR) is 73.3 cm³/mol. The lowest BCUT2D eigenvalue weighted by Gasteiger charge is -2.20. The van der Waals surface area contributed by atoms with Crippen LogP contribution in [0.2, 0.25) is 0 Å². The molecule has 1 aromatic carbocycles. The summed E-state index contributed by atoms with van der Waals surface area (Å²) in [5, 5.41) is 0. The van der Waals surface area contributed by atoms with Crippen LogP contribution in [0.5, 0.6) is 0 Å². The van der Waals surface area contributed by atoms with E-state index in [9.17, 15) is 8.42 Å². The molecule has 0 N–H and O–H groups in total. The minimum Gasteiger partial charge on any atom is -0.207 e. The minimum absolute atomic E-state index is 0.202. The van der Waals surface area contributed by atoms with Crippen LogP contribution in [0, 0.1) is 6.92 Å². The second-order valence-electron chi connectivity index (χ2n) is 4.66. The summed E-state index contributed by atoms with van der Waals surface area (Å²) in [5.74, 6) is 0.409. The van der Waals surface area contributed by atoms with Crippen LogP contribution < -0.4 is 0 Å². The molecule has 5 heteroatoms. The summed E-state index contributed by atoms with van der Waals surface area (Å²) >= 11 is 5.79. The number of aryl methyl sites for hydroxylation is 1. The fourth-order valence-electron chi connectivity index (χ4n) is 2.10. The molecule has 1 aromatic rings. The van der Waals surface area contributed by atoms with Crippen molar-refractivity contribution in [2.24, 2.45) is 0 Å². The van der Waals surface area contributed by atoms with E-state index in [4.69, 9.17) is 11.6 Å². The smallest absolute Gasteiger partial charge is 0.207 e. The molecule has 0 bridgehead atoms. The molecule has 0 aliphatic heterocycles. The molecule has 3 nitrogen and oxygen atoms in total. The highest BCUT2D eigenvalue weighted by atomic mass is 35.5. The molecule has 100 valence electrons. The SMILES string of the molecule is CCN(C1CC1)S(=O)(=O)c1ccc(CCl)c(C)c1. The number of benzene rings is 1. The molecule has 0 saturated heterocycles. The zero-order chi connectivity index (χ0) is 13.3. The molecule has 18 heavy (non-hydrogen) atoms. The summed E-state index contributed by atoms with van der Waals surface area (Å²) in [5.41, 5.74) is 1.91. The summed E-state index contributed by atoms with van der Waals surface area (Å²) in [7, 11) is -3.35. The lowest BCUT2D eigenvalue weighted by atomic mass is 10.1. The first kappa shape index (κ1) is 13.8. The van der Waals surface area contributed by atoms with Crippen molar-refractivity contribution in [2.75, 3.05) is 6.54 Å². The number of rotatable bonds is 5. The Labute approximate surface area is 114 Å². The van der Waals surface area contributed by atoms with Crippen molar-refractivity contribution in [1.29, 1.82) is 0 Å². The number of halogens is 1. The highest BCUT2D eigenvalue weighted by Crippen LogP contribution is 2.32. The number of hydrogen-bond donors (Lipinski definition) is 0. The Kier molecular flexibility index (Phi) is 3.99. The second-order valence-corrected chi connectivity index (χ2v) is 6.82. The van der Waals surface area contributed by atoms with Gasteiger partial charge in [0.1, 0.15) is 0 Å². The van der Waals surface area contributed by atoms with E-state index in [1.54, 1.807) is 22.5 Å². The predicted octanol–water partition coefficient (Wildman–Crippen LogP) is 2.91. The van der Waals surface area contributed by atoms with Crippen molar-refractivity contribution in [3.63, 3.8) is 0 Å². The molecule has 0 radical (unpaired) electrons. The van der Waals surface area contributed by atoms with Gasteiger partial charge in [0.05, 0.1) is 4.90 Å². The van der Waals surface area contributed by atoms with E-state index in [1.165, 1.54) is 0 Å². The Balaban J connectivity index is 2.37. The average molecular weight is 288 g/mol. The van der Waals surface area contributed by atoms with Gasteiger partial charge in [-0.25, -0.2) is 8.42 Å². The summed E-state index contributed by atoms with van der Waals surface area (Å²) in [6.07, 6.45) is 1.96. The molecule has 0 unspecified atom stereocenters. The van der Waals surface area contributed by atoms with Gasteiger partial charge in [-0.2, -0.15) is 4.31 Å². The van der Waals surface area contributed by atoms with Crippen LogP contribution >= 0.6 is 11.6 Å². The van der Waals surface area contributed by atoms with Gasteiger partial charge in [0.15, 0.2) is 0 Å². The van der Waals surface area contributed by atoms with Crippen LogP contribution in [-0.2, 0) is 15.9 Å². The Morgan fingerprint density at radius 3 is 2.50 bits per heavy atom. The van der Waals surface area contributed by atoms with Crippen molar-refractivity contribution in [3.05, 3.63) is 29.3 Å². The highest BCUT2D eigenvalue weighted by Gasteiger charge is 2.36. The molecule has 1 saturated carbocycles. The second kappa shape index (κ2) is 5.19. The van der Waals surface area contributed by atoms with Crippen molar-refractivity contribution < 1.29 is 8.42 Å². The Morgan fingerprint density at radius 1 is 1.39 bits per heavy atom. The number of sulfonamides is 1. The molecule has 0 atom stereocenters. The van der Waals surface area contributed by atoms with Crippen LogP contribution in [0.1, 0.15) is 30.9 Å². The fourth-order valence-corrected chi connectivity index (χ4v) is 4.18. The molecule has 1 aliphatic rings. The first-order chi connectivity index (χ1) is 8.50. The van der Waals surface area contributed by atoms with Gasteiger partial charge in [-0.1, -0.05) is 13.0 Å². The van der Waals surface area contributed by atoms with Crippen molar-refractivity contribution in [3.8, 4) is 0 Å². The van der Waals surface area contributed by atoms with Gasteiger partial charge in [0, 0.05) is 18.5 Å². The molecule has 0 aromatic heterocycles. The van der Waals surface area contributed by atoms with Crippen LogP contribution in [-0.4, -0.2) is 25.3 Å². The molecule has 0 heterocycles. The van der Waals surface area contributed by atoms with E-state index in [-0.39, 0.29) is 6.04 Å². The van der Waals surface area contributed by atoms with E-state index < -0.39 is 10.0 Å². The lowest BCUT2D eigenvalue weighted by molar-refractivity contribution is 0.421. The van der Waals surface area contributed by atoms with Crippen LogP contribution in [0.4, 0.5) is 0 Å². The van der Waals surface area contributed by atoms with Gasteiger partial charge in [-0.3, -0.25) is 0 Å². The average Bonchev–Trinajstić information content (AvgIpc) is 3.14. The van der Waals surface area contributed by atoms with Gasteiger partial charge >= 0.3 is 0 Å². The van der Waals surface area contributed by atoms with Gasteiger partial charge < -0.3 is 0 Å². The highest BCUT2D eigenvalue weighted by molar-refractivity contribution is 7.89. The topological polar surface area (TPSA) is 37.4 Å². The van der Waals surface area contributed by atoms with E-state index in [0.29, 0.717) is 17.3 Å². The third-order valence-corrected chi connectivity index (χ3v) is 5.64. The fraction of sp³-hybridized carbons (Fsp3) is 0.538. The largest absolute Gasteiger partial charge is 0.243 e. The quantitative estimate of drug-likeness (QED) is 0.781. The maximum absolute atomic E-state index is 12.5. The van der Waals surface area contributed by atoms with Crippen LogP contribution in [0.15, 0.2) is 23.1 Å². The Morgan fingerprint density at radius 2 is 2.06 bits per heavy atom. The molecular weight excluding hydrogens is 270 g/mol. The molecule has 0 spiro atoms. The number of hydrogen-bond acceptors (Lipinski definition) is 2.